The average molecular weight is 321 g/mol. The first-order valence-corrected chi connectivity index (χ1v) is 7.16. The Morgan fingerprint density at radius 3 is 2.64 bits per heavy atom. The van der Waals surface area contributed by atoms with Gasteiger partial charge in [-0.15, -0.1) is 0 Å². The topological polar surface area (TPSA) is 55.8 Å². The summed E-state index contributed by atoms with van der Waals surface area (Å²) in [5.41, 5.74) is 1.78. The van der Waals surface area contributed by atoms with Gasteiger partial charge in [-0.25, -0.2) is 4.79 Å². The lowest BCUT2D eigenvalue weighted by atomic mass is 10.1. The van der Waals surface area contributed by atoms with Crippen molar-refractivity contribution < 1.29 is 19.4 Å². The Morgan fingerprint density at radius 1 is 1.27 bits per heavy atom. The molecule has 2 aromatic carbocycles. The van der Waals surface area contributed by atoms with Crippen molar-refractivity contribution in [2.75, 3.05) is 7.11 Å². The van der Waals surface area contributed by atoms with Crippen molar-refractivity contribution >= 4 is 17.6 Å². The first kappa shape index (κ1) is 16.2. The van der Waals surface area contributed by atoms with Crippen molar-refractivity contribution in [2.24, 2.45) is 0 Å². The molecule has 0 saturated heterocycles. The third kappa shape index (κ3) is 4.15. The predicted octanol–water partition coefficient (Wildman–Crippen LogP) is 3.73. The van der Waals surface area contributed by atoms with Crippen LogP contribution >= 0.6 is 11.6 Å². The van der Waals surface area contributed by atoms with Gasteiger partial charge in [-0.05, 0) is 42.3 Å². The highest BCUT2D eigenvalue weighted by atomic mass is 35.5. The number of aliphatic carboxylic acids is 1. The van der Waals surface area contributed by atoms with Gasteiger partial charge in [-0.2, -0.15) is 0 Å². The first-order chi connectivity index (χ1) is 10.5. The van der Waals surface area contributed by atoms with Crippen molar-refractivity contribution in [3.8, 4) is 11.5 Å². The van der Waals surface area contributed by atoms with Crippen LogP contribution in [0.5, 0.6) is 11.5 Å². The van der Waals surface area contributed by atoms with Crippen LogP contribution in [-0.2, 0) is 11.2 Å². The molecular weight excluding hydrogens is 304 g/mol. The van der Waals surface area contributed by atoms with Crippen molar-refractivity contribution in [1.82, 2.24) is 0 Å². The molecule has 116 valence electrons. The Hall–Kier alpha value is -2.20. The van der Waals surface area contributed by atoms with Crippen LogP contribution in [0.3, 0.4) is 0 Å². The van der Waals surface area contributed by atoms with Crippen LogP contribution < -0.4 is 9.47 Å². The van der Waals surface area contributed by atoms with E-state index in [1.54, 1.807) is 30.3 Å². The van der Waals surface area contributed by atoms with Crippen LogP contribution in [0.2, 0.25) is 5.02 Å². The molecule has 0 amide bonds. The number of hydrogen-bond donors (Lipinski definition) is 1. The largest absolute Gasteiger partial charge is 0.495 e. The summed E-state index contributed by atoms with van der Waals surface area (Å²) in [6.45, 7) is 1.92. The molecule has 0 fully saturated rings. The summed E-state index contributed by atoms with van der Waals surface area (Å²) in [6.07, 6.45) is -0.765. The minimum atomic E-state index is -1.02. The van der Waals surface area contributed by atoms with E-state index in [2.05, 4.69) is 0 Å². The van der Waals surface area contributed by atoms with Gasteiger partial charge < -0.3 is 14.6 Å². The molecule has 0 saturated carbocycles. The van der Waals surface area contributed by atoms with Crippen LogP contribution in [-0.4, -0.2) is 24.3 Å². The number of benzene rings is 2. The standard InChI is InChI=1S/C17H17ClO4/c1-11-4-3-5-13(8-11)22-16(17(19)20)10-12-6-7-15(21-2)14(18)9-12/h3-9,16H,10H2,1-2H3,(H,19,20)/t16-/m0/s1. The Balaban J connectivity index is 2.15. The molecule has 4 nitrogen and oxygen atoms in total. The molecule has 2 rings (SSSR count). The molecule has 0 radical (unpaired) electrons. The number of methoxy groups -OCH3 is 1. The van der Waals surface area contributed by atoms with Gasteiger partial charge in [0.1, 0.15) is 11.5 Å². The Bertz CT molecular complexity index is 669. The number of hydrogen-bond acceptors (Lipinski definition) is 3. The highest BCUT2D eigenvalue weighted by Gasteiger charge is 2.20. The number of carboxylic acids is 1. The second kappa shape index (κ2) is 7.18. The molecule has 0 aliphatic carbocycles. The summed E-state index contributed by atoms with van der Waals surface area (Å²) < 4.78 is 10.7. The van der Waals surface area contributed by atoms with E-state index in [-0.39, 0.29) is 6.42 Å². The van der Waals surface area contributed by atoms with Gasteiger partial charge in [-0.3, -0.25) is 0 Å². The Morgan fingerprint density at radius 2 is 2.05 bits per heavy atom. The van der Waals surface area contributed by atoms with Crippen LogP contribution in [0, 0.1) is 6.92 Å². The maximum atomic E-state index is 11.4. The maximum absolute atomic E-state index is 11.4. The SMILES string of the molecule is COc1ccc(C[C@H](Oc2cccc(C)c2)C(=O)O)cc1Cl. The monoisotopic (exact) mass is 320 g/mol. The molecule has 1 atom stereocenters. The van der Waals surface area contributed by atoms with Crippen molar-refractivity contribution in [2.45, 2.75) is 19.4 Å². The molecule has 0 heterocycles. The minimum Gasteiger partial charge on any atom is -0.495 e. The van der Waals surface area contributed by atoms with E-state index < -0.39 is 12.1 Å². The van der Waals surface area contributed by atoms with E-state index in [1.165, 1.54) is 7.11 Å². The summed E-state index contributed by atoms with van der Waals surface area (Å²) in [5.74, 6) is 0.0670. The van der Waals surface area contributed by atoms with Gasteiger partial charge in [0.05, 0.1) is 12.1 Å². The minimum absolute atomic E-state index is 0.215. The van der Waals surface area contributed by atoms with Crippen molar-refractivity contribution in [1.29, 1.82) is 0 Å². The zero-order valence-corrected chi connectivity index (χ0v) is 13.1. The van der Waals surface area contributed by atoms with Crippen molar-refractivity contribution in [3.05, 3.63) is 58.6 Å². The van der Waals surface area contributed by atoms with Gasteiger partial charge in [0, 0.05) is 6.42 Å². The second-order valence-electron chi connectivity index (χ2n) is 4.93. The summed E-state index contributed by atoms with van der Waals surface area (Å²) >= 11 is 6.06. The highest BCUT2D eigenvalue weighted by Crippen LogP contribution is 2.26. The highest BCUT2D eigenvalue weighted by molar-refractivity contribution is 6.32. The van der Waals surface area contributed by atoms with Gasteiger partial charge in [-0.1, -0.05) is 29.8 Å². The lowest BCUT2D eigenvalue weighted by molar-refractivity contribution is -0.145. The number of halogens is 1. The van der Waals surface area contributed by atoms with E-state index in [1.807, 2.05) is 19.1 Å². The van der Waals surface area contributed by atoms with Gasteiger partial charge in [0.15, 0.2) is 6.10 Å². The fraction of sp³-hybridized carbons (Fsp3) is 0.235. The van der Waals surface area contributed by atoms with Crippen LogP contribution in [0.25, 0.3) is 0 Å². The first-order valence-electron chi connectivity index (χ1n) is 6.78. The fourth-order valence-corrected chi connectivity index (χ4v) is 2.36. The van der Waals surface area contributed by atoms with Crippen LogP contribution in [0.15, 0.2) is 42.5 Å². The predicted molar refractivity (Wildman–Crippen MR) is 84.9 cm³/mol. The Labute approximate surface area is 134 Å². The van der Waals surface area contributed by atoms with Crippen LogP contribution in [0.4, 0.5) is 0 Å². The Kier molecular flexibility index (Phi) is 5.28. The average Bonchev–Trinajstić information content (AvgIpc) is 2.46. The smallest absolute Gasteiger partial charge is 0.345 e. The molecule has 22 heavy (non-hydrogen) atoms. The molecule has 2 aromatic rings. The molecule has 0 aromatic heterocycles. The second-order valence-corrected chi connectivity index (χ2v) is 5.34. The van der Waals surface area contributed by atoms with Crippen molar-refractivity contribution in [3.63, 3.8) is 0 Å². The molecule has 0 aliphatic heterocycles. The summed E-state index contributed by atoms with van der Waals surface area (Å²) in [6, 6.07) is 12.5. The number of aryl methyl sites for hydroxylation is 1. The third-order valence-electron chi connectivity index (χ3n) is 3.18. The molecule has 1 N–H and O–H groups in total. The molecule has 5 heteroatoms. The molecular formula is C17H17ClO4. The lowest BCUT2D eigenvalue weighted by Gasteiger charge is -2.16. The summed E-state index contributed by atoms with van der Waals surface area (Å²) in [7, 11) is 1.53. The van der Waals surface area contributed by atoms with E-state index in [0.717, 1.165) is 11.1 Å². The van der Waals surface area contributed by atoms with E-state index >= 15 is 0 Å². The summed E-state index contributed by atoms with van der Waals surface area (Å²) in [5, 5.41) is 9.80. The normalized spacial score (nSPS) is 11.8. The van der Waals surface area contributed by atoms with E-state index in [0.29, 0.717) is 16.5 Å². The lowest BCUT2D eigenvalue weighted by Crippen LogP contribution is -2.29. The quantitative estimate of drug-likeness (QED) is 0.881. The zero-order valence-electron chi connectivity index (χ0n) is 12.4. The third-order valence-corrected chi connectivity index (χ3v) is 3.48. The molecule has 0 unspecified atom stereocenters. The van der Waals surface area contributed by atoms with Crippen LogP contribution in [0.1, 0.15) is 11.1 Å². The zero-order chi connectivity index (χ0) is 16.1. The van der Waals surface area contributed by atoms with Gasteiger partial charge in [0.2, 0.25) is 0 Å². The van der Waals surface area contributed by atoms with E-state index in [9.17, 15) is 9.90 Å². The molecule has 0 bridgehead atoms. The fourth-order valence-electron chi connectivity index (χ4n) is 2.08. The molecule has 0 spiro atoms. The van der Waals surface area contributed by atoms with Gasteiger partial charge in [0.25, 0.3) is 0 Å². The number of ether oxygens (including phenoxy) is 2. The van der Waals surface area contributed by atoms with E-state index in [4.69, 9.17) is 21.1 Å². The molecule has 0 aliphatic rings. The maximum Gasteiger partial charge on any atom is 0.345 e. The number of carboxylic acid groups (broad SMARTS) is 1. The number of carbonyl (C=O) groups is 1. The number of rotatable bonds is 6. The summed E-state index contributed by atoms with van der Waals surface area (Å²) in [4.78, 5) is 11.4. The van der Waals surface area contributed by atoms with Gasteiger partial charge >= 0.3 is 5.97 Å².